The van der Waals surface area contributed by atoms with E-state index in [9.17, 15) is 4.79 Å². The summed E-state index contributed by atoms with van der Waals surface area (Å²) in [7, 11) is 0. The number of aryl methyl sites for hydroxylation is 1. The number of hydrogen-bond donors (Lipinski definition) is 0. The minimum Gasteiger partial charge on any atom is -0.342 e. The van der Waals surface area contributed by atoms with E-state index in [1.807, 2.05) is 17.0 Å². The van der Waals surface area contributed by atoms with Gasteiger partial charge in [0.05, 0.1) is 6.42 Å². The lowest BCUT2D eigenvalue weighted by Crippen LogP contribution is -2.33. The Labute approximate surface area is 104 Å². The number of benzene rings is 1. The third-order valence-electron chi connectivity index (χ3n) is 3.40. The number of nitrogens with zero attached hydrogens (tertiary/aromatic N) is 1. The maximum atomic E-state index is 12.2. The largest absolute Gasteiger partial charge is 0.342 e. The molecule has 0 spiro atoms. The molecule has 0 bridgehead atoms. The van der Waals surface area contributed by atoms with E-state index in [1.54, 1.807) is 0 Å². The number of amides is 1. The van der Waals surface area contributed by atoms with Crippen LogP contribution in [0.3, 0.4) is 0 Å². The standard InChI is InChI=1S/C15H21NO/c1-13-7-6-8-14(11-13)12-15(17)16-9-4-2-3-5-10-16/h6-8,11H,2-5,9-10,12H2,1H3. The lowest BCUT2D eigenvalue weighted by Gasteiger charge is -2.20. The van der Waals surface area contributed by atoms with Crippen LogP contribution in [-0.2, 0) is 11.2 Å². The summed E-state index contributed by atoms with van der Waals surface area (Å²) in [5, 5.41) is 0. The molecule has 1 aromatic carbocycles. The lowest BCUT2D eigenvalue weighted by molar-refractivity contribution is -0.130. The van der Waals surface area contributed by atoms with E-state index >= 15 is 0 Å². The Morgan fingerprint density at radius 2 is 1.88 bits per heavy atom. The molecule has 1 saturated heterocycles. The quantitative estimate of drug-likeness (QED) is 0.766. The highest BCUT2D eigenvalue weighted by Gasteiger charge is 2.15. The summed E-state index contributed by atoms with van der Waals surface area (Å²) in [6, 6.07) is 8.25. The Bertz CT molecular complexity index is 378. The van der Waals surface area contributed by atoms with E-state index in [-0.39, 0.29) is 5.91 Å². The molecular formula is C15H21NO. The van der Waals surface area contributed by atoms with Crippen LogP contribution in [0.25, 0.3) is 0 Å². The highest BCUT2D eigenvalue weighted by Crippen LogP contribution is 2.12. The van der Waals surface area contributed by atoms with Gasteiger partial charge in [-0.3, -0.25) is 4.79 Å². The predicted octanol–water partition coefficient (Wildman–Crippen LogP) is 2.94. The monoisotopic (exact) mass is 231 g/mol. The molecule has 0 aliphatic carbocycles. The molecule has 92 valence electrons. The summed E-state index contributed by atoms with van der Waals surface area (Å²) in [4.78, 5) is 14.2. The molecule has 0 N–H and O–H groups in total. The molecule has 2 heteroatoms. The van der Waals surface area contributed by atoms with Crippen molar-refractivity contribution in [3.8, 4) is 0 Å². The summed E-state index contributed by atoms with van der Waals surface area (Å²) < 4.78 is 0. The molecule has 17 heavy (non-hydrogen) atoms. The van der Waals surface area contributed by atoms with Crippen LogP contribution in [-0.4, -0.2) is 23.9 Å². The molecule has 0 aromatic heterocycles. The van der Waals surface area contributed by atoms with Crippen LogP contribution >= 0.6 is 0 Å². The van der Waals surface area contributed by atoms with Gasteiger partial charge in [0.2, 0.25) is 5.91 Å². The Hall–Kier alpha value is -1.31. The molecule has 1 aliphatic rings. The number of carbonyl (C=O) groups is 1. The van der Waals surface area contributed by atoms with E-state index < -0.39 is 0 Å². The number of rotatable bonds is 2. The van der Waals surface area contributed by atoms with Crippen molar-refractivity contribution in [2.45, 2.75) is 39.0 Å². The molecular weight excluding hydrogens is 210 g/mol. The highest BCUT2D eigenvalue weighted by molar-refractivity contribution is 5.78. The average molecular weight is 231 g/mol. The highest BCUT2D eigenvalue weighted by atomic mass is 16.2. The van der Waals surface area contributed by atoms with Crippen molar-refractivity contribution in [1.29, 1.82) is 0 Å². The molecule has 2 rings (SSSR count). The van der Waals surface area contributed by atoms with Crippen LogP contribution in [0.5, 0.6) is 0 Å². The van der Waals surface area contributed by atoms with Crippen LogP contribution in [0, 0.1) is 6.92 Å². The van der Waals surface area contributed by atoms with Crippen molar-refractivity contribution in [1.82, 2.24) is 4.90 Å². The average Bonchev–Trinajstić information content (AvgIpc) is 2.57. The first-order valence-corrected chi connectivity index (χ1v) is 6.59. The van der Waals surface area contributed by atoms with Crippen molar-refractivity contribution in [2.75, 3.05) is 13.1 Å². The fourth-order valence-corrected chi connectivity index (χ4v) is 2.43. The Morgan fingerprint density at radius 3 is 2.53 bits per heavy atom. The van der Waals surface area contributed by atoms with Crippen molar-refractivity contribution >= 4 is 5.91 Å². The van der Waals surface area contributed by atoms with Crippen LogP contribution < -0.4 is 0 Å². The molecule has 0 atom stereocenters. The molecule has 0 saturated carbocycles. The van der Waals surface area contributed by atoms with Gasteiger partial charge in [-0.2, -0.15) is 0 Å². The SMILES string of the molecule is Cc1cccc(CC(=O)N2CCCCCC2)c1. The second-order valence-corrected chi connectivity index (χ2v) is 4.96. The molecule has 1 aliphatic heterocycles. The first-order chi connectivity index (χ1) is 8.25. The zero-order chi connectivity index (χ0) is 12.1. The van der Waals surface area contributed by atoms with Gasteiger partial charge in [-0.25, -0.2) is 0 Å². The summed E-state index contributed by atoms with van der Waals surface area (Å²) in [5.41, 5.74) is 2.37. The van der Waals surface area contributed by atoms with Crippen LogP contribution in [0.2, 0.25) is 0 Å². The van der Waals surface area contributed by atoms with Gasteiger partial charge in [-0.05, 0) is 25.3 Å². The van der Waals surface area contributed by atoms with E-state index in [4.69, 9.17) is 0 Å². The normalized spacial score (nSPS) is 16.6. The van der Waals surface area contributed by atoms with E-state index in [0.717, 1.165) is 18.7 Å². The van der Waals surface area contributed by atoms with E-state index in [1.165, 1.54) is 31.2 Å². The molecule has 1 heterocycles. The fourth-order valence-electron chi connectivity index (χ4n) is 2.43. The summed E-state index contributed by atoms with van der Waals surface area (Å²) >= 11 is 0. The van der Waals surface area contributed by atoms with E-state index in [0.29, 0.717) is 6.42 Å². The molecule has 1 amide bonds. The second kappa shape index (κ2) is 5.85. The predicted molar refractivity (Wildman–Crippen MR) is 69.9 cm³/mol. The van der Waals surface area contributed by atoms with Crippen LogP contribution in [0.4, 0.5) is 0 Å². The topological polar surface area (TPSA) is 20.3 Å². The van der Waals surface area contributed by atoms with Crippen molar-refractivity contribution < 1.29 is 4.79 Å². The molecule has 1 aromatic rings. The van der Waals surface area contributed by atoms with Gasteiger partial charge in [0.25, 0.3) is 0 Å². The van der Waals surface area contributed by atoms with Crippen molar-refractivity contribution in [3.63, 3.8) is 0 Å². The molecule has 2 nitrogen and oxygen atoms in total. The summed E-state index contributed by atoms with van der Waals surface area (Å²) in [6.45, 7) is 3.97. The third-order valence-corrected chi connectivity index (χ3v) is 3.40. The molecule has 0 unspecified atom stereocenters. The fraction of sp³-hybridized carbons (Fsp3) is 0.533. The minimum atomic E-state index is 0.289. The maximum absolute atomic E-state index is 12.2. The Morgan fingerprint density at radius 1 is 1.18 bits per heavy atom. The van der Waals surface area contributed by atoms with Gasteiger partial charge < -0.3 is 4.90 Å². The van der Waals surface area contributed by atoms with E-state index in [2.05, 4.69) is 19.1 Å². The van der Waals surface area contributed by atoms with Crippen LogP contribution in [0.1, 0.15) is 36.8 Å². The molecule has 0 radical (unpaired) electrons. The summed E-state index contributed by atoms with van der Waals surface area (Å²) in [6.07, 6.45) is 5.43. The Balaban J connectivity index is 1.95. The minimum absolute atomic E-state index is 0.289. The molecule has 1 fully saturated rings. The number of carbonyl (C=O) groups excluding carboxylic acids is 1. The van der Waals surface area contributed by atoms with Gasteiger partial charge in [-0.1, -0.05) is 42.7 Å². The third kappa shape index (κ3) is 3.58. The maximum Gasteiger partial charge on any atom is 0.226 e. The van der Waals surface area contributed by atoms with Crippen molar-refractivity contribution in [3.05, 3.63) is 35.4 Å². The van der Waals surface area contributed by atoms with Gasteiger partial charge in [0, 0.05) is 13.1 Å². The Kier molecular flexibility index (Phi) is 4.18. The van der Waals surface area contributed by atoms with Gasteiger partial charge in [0.1, 0.15) is 0 Å². The van der Waals surface area contributed by atoms with Crippen molar-refractivity contribution in [2.24, 2.45) is 0 Å². The number of hydrogen-bond acceptors (Lipinski definition) is 1. The first kappa shape index (κ1) is 12.2. The van der Waals surface area contributed by atoms with Gasteiger partial charge in [-0.15, -0.1) is 0 Å². The first-order valence-electron chi connectivity index (χ1n) is 6.59. The summed E-state index contributed by atoms with van der Waals surface area (Å²) in [5.74, 6) is 0.289. The number of likely N-dealkylation sites (tertiary alicyclic amines) is 1. The zero-order valence-corrected chi connectivity index (χ0v) is 10.6. The second-order valence-electron chi connectivity index (χ2n) is 4.96. The zero-order valence-electron chi connectivity index (χ0n) is 10.6. The van der Waals surface area contributed by atoms with Gasteiger partial charge >= 0.3 is 0 Å². The van der Waals surface area contributed by atoms with Crippen LogP contribution in [0.15, 0.2) is 24.3 Å². The smallest absolute Gasteiger partial charge is 0.226 e. The lowest BCUT2D eigenvalue weighted by atomic mass is 10.1. The van der Waals surface area contributed by atoms with Gasteiger partial charge in [0.15, 0.2) is 0 Å².